The van der Waals surface area contributed by atoms with Crippen molar-refractivity contribution in [3.05, 3.63) is 97.8 Å². The van der Waals surface area contributed by atoms with Gasteiger partial charge in [0.05, 0.1) is 15.6 Å². The number of benzene rings is 3. The average Bonchev–Trinajstić information content (AvgIpc) is 3.02. The predicted molar refractivity (Wildman–Crippen MR) is 132 cm³/mol. The van der Waals surface area contributed by atoms with Crippen LogP contribution in [0.2, 0.25) is 5.02 Å². The first-order valence-corrected chi connectivity index (χ1v) is 11.6. The number of carbonyl (C=O) groups excluding carboxylic acids is 1. The number of rotatable bonds is 5. The van der Waals surface area contributed by atoms with Gasteiger partial charge in [-0.3, -0.25) is 9.69 Å². The van der Waals surface area contributed by atoms with Gasteiger partial charge >= 0.3 is 0 Å². The van der Waals surface area contributed by atoms with E-state index in [2.05, 4.69) is 15.9 Å². The summed E-state index contributed by atoms with van der Waals surface area (Å²) in [4.78, 5) is 14.6. The summed E-state index contributed by atoms with van der Waals surface area (Å²) in [5.41, 5.74) is 1.18. The van der Waals surface area contributed by atoms with Gasteiger partial charge in [0.15, 0.2) is 4.32 Å². The summed E-state index contributed by atoms with van der Waals surface area (Å²) >= 11 is 15.9. The molecule has 0 aromatic heterocycles. The molecule has 3 aromatic rings. The summed E-state index contributed by atoms with van der Waals surface area (Å²) in [6.07, 6.45) is 1.64. The van der Waals surface area contributed by atoms with E-state index in [4.69, 9.17) is 28.6 Å². The summed E-state index contributed by atoms with van der Waals surface area (Å²) in [7, 11) is 0. The number of halogens is 4. The van der Waals surface area contributed by atoms with Crippen molar-refractivity contribution in [1.29, 1.82) is 0 Å². The molecule has 3 nitrogen and oxygen atoms in total. The number of hydrogen-bond donors (Lipinski definition) is 0. The van der Waals surface area contributed by atoms with Crippen LogP contribution in [0.3, 0.4) is 0 Å². The van der Waals surface area contributed by atoms with Crippen LogP contribution in [0, 0.1) is 11.6 Å². The molecule has 0 aliphatic carbocycles. The molecule has 1 amide bonds. The zero-order valence-corrected chi connectivity index (χ0v) is 20.1. The lowest BCUT2D eigenvalue weighted by Crippen LogP contribution is -2.27. The van der Waals surface area contributed by atoms with Gasteiger partial charge in [-0.05, 0) is 54.6 Å². The van der Waals surface area contributed by atoms with Gasteiger partial charge in [-0.15, -0.1) is 0 Å². The van der Waals surface area contributed by atoms with Gasteiger partial charge in [0.2, 0.25) is 0 Å². The fourth-order valence-electron chi connectivity index (χ4n) is 3.03. The highest BCUT2D eigenvalue weighted by Gasteiger charge is 2.33. The van der Waals surface area contributed by atoms with E-state index >= 15 is 0 Å². The molecule has 1 fully saturated rings. The number of thiocarbonyl (C=S) groups is 1. The fraction of sp³-hybridized carbons (Fsp3) is 0.0435. The zero-order valence-electron chi connectivity index (χ0n) is 16.2. The fourth-order valence-corrected chi connectivity index (χ4v) is 4.92. The lowest BCUT2D eigenvalue weighted by atomic mass is 10.1. The Morgan fingerprint density at radius 3 is 2.66 bits per heavy atom. The second-order valence-corrected chi connectivity index (χ2v) is 9.67. The third-order valence-electron chi connectivity index (χ3n) is 4.55. The van der Waals surface area contributed by atoms with Gasteiger partial charge in [0.25, 0.3) is 5.91 Å². The molecule has 32 heavy (non-hydrogen) atoms. The van der Waals surface area contributed by atoms with E-state index in [-0.39, 0.29) is 23.1 Å². The summed E-state index contributed by atoms with van der Waals surface area (Å²) in [5, 5.41) is 0.264. The summed E-state index contributed by atoms with van der Waals surface area (Å²) < 4.78 is 34.6. The second kappa shape index (κ2) is 9.70. The van der Waals surface area contributed by atoms with Crippen LogP contribution >= 0.6 is 51.5 Å². The summed E-state index contributed by atoms with van der Waals surface area (Å²) in [6, 6.07) is 15.3. The van der Waals surface area contributed by atoms with E-state index in [0.29, 0.717) is 26.2 Å². The van der Waals surface area contributed by atoms with Crippen LogP contribution in [-0.2, 0) is 11.4 Å². The number of ether oxygens (including phenoxy) is 1. The number of hydrogen-bond acceptors (Lipinski definition) is 4. The molecule has 9 heteroatoms. The highest BCUT2D eigenvalue weighted by molar-refractivity contribution is 9.10. The third kappa shape index (κ3) is 4.88. The van der Waals surface area contributed by atoms with Gasteiger partial charge in [0, 0.05) is 15.6 Å². The standard InChI is InChI=1S/C23H13BrClF2NO2S2/c24-14-7-8-20(30-12-17-18(25)5-2-6-19(17)27)13(9-14)10-21-22(29)28(23(31)32-21)16-4-1-3-15(26)11-16/h1-11H,12H2. The highest BCUT2D eigenvalue weighted by atomic mass is 79.9. The van der Waals surface area contributed by atoms with Crippen LogP contribution in [0.5, 0.6) is 5.75 Å². The SMILES string of the molecule is O=C1C(=Cc2cc(Br)ccc2OCc2c(F)cccc2Cl)SC(=S)N1c1cccc(F)c1. The maximum Gasteiger partial charge on any atom is 0.270 e. The lowest BCUT2D eigenvalue weighted by molar-refractivity contribution is -0.113. The molecule has 0 atom stereocenters. The molecule has 162 valence electrons. The molecule has 0 bridgehead atoms. The Kier molecular flexibility index (Phi) is 6.95. The molecule has 1 aliphatic rings. The Bertz CT molecular complexity index is 1250. The molecular formula is C23H13BrClF2NO2S2. The van der Waals surface area contributed by atoms with Gasteiger partial charge in [0.1, 0.15) is 24.0 Å². The first-order valence-electron chi connectivity index (χ1n) is 9.22. The summed E-state index contributed by atoms with van der Waals surface area (Å²) in [5.74, 6) is -0.862. The molecule has 0 spiro atoms. The van der Waals surface area contributed by atoms with E-state index in [1.54, 1.807) is 36.4 Å². The number of thioether (sulfide) groups is 1. The van der Waals surface area contributed by atoms with Crippen molar-refractivity contribution in [2.45, 2.75) is 6.61 Å². The Morgan fingerprint density at radius 2 is 1.91 bits per heavy atom. The van der Waals surface area contributed by atoms with Crippen molar-refractivity contribution in [3.8, 4) is 5.75 Å². The molecule has 4 rings (SSSR count). The van der Waals surface area contributed by atoms with E-state index in [0.717, 1.165) is 16.2 Å². The number of anilines is 1. The number of amides is 1. The minimum atomic E-state index is -0.466. The molecule has 1 heterocycles. The van der Waals surface area contributed by atoms with Crippen molar-refractivity contribution in [3.63, 3.8) is 0 Å². The van der Waals surface area contributed by atoms with Crippen molar-refractivity contribution in [1.82, 2.24) is 0 Å². The third-order valence-corrected chi connectivity index (χ3v) is 6.70. The maximum atomic E-state index is 14.1. The minimum Gasteiger partial charge on any atom is -0.488 e. The van der Waals surface area contributed by atoms with Crippen molar-refractivity contribution >= 4 is 73.5 Å². The Labute approximate surface area is 206 Å². The minimum absolute atomic E-state index is 0.0851. The van der Waals surface area contributed by atoms with Gasteiger partial charge < -0.3 is 4.74 Å². The molecule has 0 saturated carbocycles. The van der Waals surface area contributed by atoms with E-state index < -0.39 is 11.6 Å². The average molecular weight is 553 g/mol. The van der Waals surface area contributed by atoms with Crippen LogP contribution in [0.25, 0.3) is 6.08 Å². The molecular weight excluding hydrogens is 540 g/mol. The molecule has 1 aliphatic heterocycles. The Morgan fingerprint density at radius 1 is 1.12 bits per heavy atom. The molecule has 0 unspecified atom stereocenters. The lowest BCUT2D eigenvalue weighted by Gasteiger charge is -2.14. The quantitative estimate of drug-likeness (QED) is 0.244. The molecule has 0 radical (unpaired) electrons. The van der Waals surface area contributed by atoms with Crippen molar-refractivity contribution in [2.75, 3.05) is 4.90 Å². The van der Waals surface area contributed by atoms with E-state index in [1.165, 1.54) is 35.2 Å². The van der Waals surface area contributed by atoms with Crippen LogP contribution < -0.4 is 9.64 Å². The van der Waals surface area contributed by atoms with Crippen molar-refractivity contribution in [2.24, 2.45) is 0 Å². The first-order chi connectivity index (χ1) is 15.3. The monoisotopic (exact) mass is 551 g/mol. The molecule has 3 aromatic carbocycles. The Hall–Kier alpha value is -2.26. The smallest absolute Gasteiger partial charge is 0.270 e. The van der Waals surface area contributed by atoms with Gasteiger partial charge in [-0.25, -0.2) is 8.78 Å². The van der Waals surface area contributed by atoms with E-state index in [1.807, 2.05) is 0 Å². The number of carbonyl (C=O) groups is 1. The topological polar surface area (TPSA) is 29.5 Å². The van der Waals surface area contributed by atoms with Crippen LogP contribution in [0.4, 0.5) is 14.5 Å². The second-order valence-electron chi connectivity index (χ2n) is 6.67. The van der Waals surface area contributed by atoms with Crippen LogP contribution in [0.15, 0.2) is 70.0 Å². The number of nitrogens with zero attached hydrogens (tertiary/aromatic N) is 1. The largest absolute Gasteiger partial charge is 0.488 e. The van der Waals surface area contributed by atoms with Crippen LogP contribution in [0.1, 0.15) is 11.1 Å². The molecule has 0 N–H and O–H groups in total. The van der Waals surface area contributed by atoms with E-state index in [9.17, 15) is 13.6 Å². The first kappa shape index (κ1) is 22.9. The van der Waals surface area contributed by atoms with Gasteiger partial charge in [-0.2, -0.15) is 0 Å². The molecule has 1 saturated heterocycles. The zero-order chi connectivity index (χ0) is 22.8. The normalized spacial score (nSPS) is 15.0. The highest BCUT2D eigenvalue weighted by Crippen LogP contribution is 2.38. The van der Waals surface area contributed by atoms with Gasteiger partial charge in [-0.1, -0.05) is 63.6 Å². The Balaban J connectivity index is 1.63. The van der Waals surface area contributed by atoms with Crippen LogP contribution in [-0.4, -0.2) is 10.2 Å². The van der Waals surface area contributed by atoms with Crippen molar-refractivity contribution < 1.29 is 18.3 Å². The maximum absolute atomic E-state index is 14.1. The predicted octanol–water partition coefficient (Wildman–Crippen LogP) is 7.37. The summed E-state index contributed by atoms with van der Waals surface area (Å²) in [6.45, 7) is -0.0851.